The fourth-order valence-corrected chi connectivity index (χ4v) is 6.79. The van der Waals surface area contributed by atoms with Crippen LogP contribution in [0.3, 0.4) is 0 Å². The van der Waals surface area contributed by atoms with E-state index < -0.39 is 5.82 Å². The number of nitrogens with zero attached hydrogens (tertiary/aromatic N) is 6. The van der Waals surface area contributed by atoms with Gasteiger partial charge in [0.2, 0.25) is 0 Å². The Hall–Kier alpha value is -6.01. The molecule has 2 aliphatic rings. The number of rotatable bonds is 8. The molecule has 0 aliphatic heterocycles. The number of carbonyl (C=O) groups is 2. The second-order valence-electron chi connectivity index (χ2n) is 14.8. The highest BCUT2D eigenvalue weighted by Gasteiger charge is 2.26. The van der Waals surface area contributed by atoms with Crippen molar-refractivity contribution < 1.29 is 18.4 Å². The van der Waals surface area contributed by atoms with E-state index in [1.807, 2.05) is 63.7 Å². The third-order valence-electron chi connectivity index (χ3n) is 10.1. The molecule has 56 heavy (non-hydrogen) atoms. The molecule has 4 heterocycles. The summed E-state index contributed by atoms with van der Waals surface area (Å²) in [4.78, 5) is 24.8. The van der Waals surface area contributed by atoms with Gasteiger partial charge in [0.15, 0.2) is 17.1 Å². The summed E-state index contributed by atoms with van der Waals surface area (Å²) in [6.07, 6.45) is 7.67. The van der Waals surface area contributed by atoms with Crippen molar-refractivity contribution in [3.05, 3.63) is 130 Å². The van der Waals surface area contributed by atoms with Gasteiger partial charge in [0.1, 0.15) is 17.5 Å². The highest BCUT2D eigenvalue weighted by molar-refractivity contribution is 6.33. The average molecular weight is 773 g/mol. The Balaban J connectivity index is 0.000000159. The minimum Gasteiger partial charge on any atom is -0.349 e. The minimum absolute atomic E-state index is 0.209. The third kappa shape index (κ3) is 7.48. The quantitative estimate of drug-likeness (QED) is 0.159. The Morgan fingerprint density at radius 3 is 1.70 bits per heavy atom. The summed E-state index contributed by atoms with van der Waals surface area (Å²) >= 11 is 6.31. The first-order chi connectivity index (χ1) is 26.9. The molecule has 0 spiro atoms. The minimum atomic E-state index is -0.411. The van der Waals surface area contributed by atoms with Gasteiger partial charge < -0.3 is 10.6 Å². The Labute approximate surface area is 327 Å². The average Bonchev–Trinajstić information content (AvgIpc) is 4.10. The van der Waals surface area contributed by atoms with E-state index in [1.54, 1.807) is 32.0 Å². The van der Waals surface area contributed by atoms with E-state index in [-0.39, 0.29) is 35.6 Å². The van der Waals surface area contributed by atoms with Crippen LogP contribution in [0.4, 0.5) is 8.78 Å². The largest absolute Gasteiger partial charge is 0.349 e. The van der Waals surface area contributed by atoms with Gasteiger partial charge >= 0.3 is 0 Å². The molecule has 2 aliphatic carbocycles. The lowest BCUT2D eigenvalue weighted by Crippen LogP contribution is -2.25. The van der Waals surface area contributed by atoms with Crippen molar-refractivity contribution in [2.45, 2.75) is 71.4 Å². The summed E-state index contributed by atoms with van der Waals surface area (Å²) in [6.45, 7) is 7.55. The molecule has 2 N–H and O–H groups in total. The molecule has 2 fully saturated rings. The number of pyridine rings is 2. The van der Waals surface area contributed by atoms with Crippen molar-refractivity contribution in [2.75, 3.05) is 0 Å². The highest BCUT2D eigenvalue weighted by atomic mass is 35.5. The van der Waals surface area contributed by atoms with Gasteiger partial charge in [-0.15, -0.1) is 20.4 Å². The zero-order chi connectivity index (χ0) is 39.2. The van der Waals surface area contributed by atoms with E-state index >= 15 is 0 Å². The van der Waals surface area contributed by atoms with Gasteiger partial charge in [-0.05, 0) is 134 Å². The number of nitrogens with one attached hydrogen (secondary N) is 2. The maximum atomic E-state index is 14.6. The number of amides is 2. The van der Waals surface area contributed by atoms with Crippen LogP contribution >= 0.6 is 11.6 Å². The van der Waals surface area contributed by atoms with E-state index in [0.29, 0.717) is 55.5 Å². The maximum absolute atomic E-state index is 14.6. The Morgan fingerprint density at radius 2 is 1.18 bits per heavy atom. The van der Waals surface area contributed by atoms with Gasteiger partial charge in [-0.1, -0.05) is 37.6 Å². The van der Waals surface area contributed by atoms with Crippen LogP contribution in [0, 0.1) is 25.5 Å². The van der Waals surface area contributed by atoms with Crippen molar-refractivity contribution in [1.82, 2.24) is 39.8 Å². The lowest BCUT2D eigenvalue weighted by Gasteiger charge is -2.11. The zero-order valence-electron chi connectivity index (χ0n) is 31.3. The number of aromatic nitrogens is 6. The van der Waals surface area contributed by atoms with Gasteiger partial charge in [0.25, 0.3) is 11.8 Å². The molecule has 4 aromatic heterocycles. The number of halogens is 3. The number of hydrogen-bond acceptors (Lipinski definition) is 6. The van der Waals surface area contributed by atoms with E-state index in [9.17, 15) is 18.4 Å². The fourth-order valence-electron chi connectivity index (χ4n) is 6.57. The van der Waals surface area contributed by atoms with Crippen LogP contribution < -0.4 is 10.6 Å². The fraction of sp³-hybridized carbons (Fsp3) is 0.256. The summed E-state index contributed by atoms with van der Waals surface area (Å²) in [7, 11) is 0. The van der Waals surface area contributed by atoms with E-state index in [4.69, 9.17) is 11.6 Å². The highest BCUT2D eigenvalue weighted by Crippen LogP contribution is 2.32. The number of hydrogen-bond donors (Lipinski definition) is 2. The molecule has 0 saturated heterocycles. The molecule has 284 valence electrons. The number of fused-ring (bicyclic) bond motifs is 2. The number of benzene rings is 3. The normalized spacial score (nSPS) is 13.9. The topological polar surface area (TPSA) is 119 Å². The van der Waals surface area contributed by atoms with Crippen LogP contribution in [0.2, 0.25) is 5.02 Å². The Morgan fingerprint density at radius 1 is 0.679 bits per heavy atom. The van der Waals surface area contributed by atoms with Crippen molar-refractivity contribution in [1.29, 1.82) is 0 Å². The first kappa shape index (κ1) is 36.9. The summed E-state index contributed by atoms with van der Waals surface area (Å²) in [5.41, 5.74) is 6.68. The molecule has 2 saturated carbocycles. The van der Waals surface area contributed by atoms with Gasteiger partial charge in [0.05, 0.1) is 5.02 Å². The molecule has 0 atom stereocenters. The van der Waals surface area contributed by atoms with E-state index in [1.165, 1.54) is 12.1 Å². The van der Waals surface area contributed by atoms with Crippen LogP contribution in [0.5, 0.6) is 0 Å². The van der Waals surface area contributed by atoms with E-state index in [0.717, 1.165) is 48.2 Å². The summed E-state index contributed by atoms with van der Waals surface area (Å²) < 4.78 is 32.8. The second-order valence-corrected chi connectivity index (χ2v) is 15.2. The molecular formula is C43H39ClF2N8O2. The van der Waals surface area contributed by atoms with Crippen molar-refractivity contribution in [3.63, 3.8) is 0 Å². The summed E-state index contributed by atoms with van der Waals surface area (Å²) in [5.74, 6) is 0.499. The van der Waals surface area contributed by atoms with Crippen LogP contribution in [0.1, 0.15) is 83.1 Å². The van der Waals surface area contributed by atoms with Gasteiger partial charge in [-0.25, -0.2) is 8.78 Å². The van der Waals surface area contributed by atoms with Crippen LogP contribution in [0.25, 0.3) is 44.9 Å². The van der Waals surface area contributed by atoms with Gasteiger partial charge in [-0.3, -0.25) is 18.4 Å². The second kappa shape index (κ2) is 14.9. The molecule has 0 radical (unpaired) electrons. The van der Waals surface area contributed by atoms with Crippen LogP contribution in [-0.2, 0) is 0 Å². The third-order valence-corrected chi connectivity index (χ3v) is 10.5. The Kier molecular flexibility index (Phi) is 9.84. The zero-order valence-corrected chi connectivity index (χ0v) is 32.0. The summed E-state index contributed by atoms with van der Waals surface area (Å²) in [6, 6.07) is 21.4. The molecule has 3 aromatic carbocycles. The van der Waals surface area contributed by atoms with Crippen LogP contribution in [0.15, 0.2) is 85.2 Å². The van der Waals surface area contributed by atoms with Crippen molar-refractivity contribution in [3.8, 4) is 33.6 Å². The molecule has 2 amide bonds. The smallest absolute Gasteiger partial charge is 0.251 e. The molecule has 0 bridgehead atoms. The monoisotopic (exact) mass is 772 g/mol. The molecule has 0 unspecified atom stereocenters. The SMILES string of the molecule is Cc1c(F)cc(C(=O)NC2CC2)cc1-c1ccn2c(-c3ccccc3Cl)nnc2c1.Cc1c(F)cc(C(=O)NC2CC2)cc1-c1ccn2c(C(C)C)nnc2c1. The van der Waals surface area contributed by atoms with Gasteiger partial charge in [0, 0.05) is 47.1 Å². The predicted molar refractivity (Wildman–Crippen MR) is 212 cm³/mol. The lowest BCUT2D eigenvalue weighted by atomic mass is 9.98. The molecule has 10 nitrogen and oxygen atoms in total. The molecule has 7 aromatic rings. The maximum Gasteiger partial charge on any atom is 0.251 e. The number of carbonyl (C=O) groups excluding carboxylic acids is 2. The van der Waals surface area contributed by atoms with E-state index in [2.05, 4.69) is 44.9 Å². The van der Waals surface area contributed by atoms with Crippen LogP contribution in [-0.4, -0.2) is 53.1 Å². The molecular weight excluding hydrogens is 734 g/mol. The first-order valence-electron chi connectivity index (χ1n) is 18.6. The molecule has 13 heteroatoms. The van der Waals surface area contributed by atoms with Gasteiger partial charge in [-0.2, -0.15) is 0 Å². The molecule has 9 rings (SSSR count). The van der Waals surface area contributed by atoms with Crippen molar-refractivity contribution in [2.24, 2.45) is 0 Å². The lowest BCUT2D eigenvalue weighted by molar-refractivity contribution is 0.0942. The first-order valence-corrected chi connectivity index (χ1v) is 19.0. The standard InChI is InChI=1S/C23H18ClFN4O.C20H21FN4O/c1-13-18(10-15(11-20(13)25)23(30)26-16-6-7-16)14-8-9-29-21(12-14)27-28-22(29)17-4-2-3-5-19(17)24;1-11(2)19-24-23-18-10-13(6-7-25(18)19)16-8-14(9-17(21)12(16)3)20(26)22-15-4-5-15/h2-5,8-12,16H,6-7H2,1H3,(H,26,30);6-11,15H,4-5H2,1-3H3,(H,22,26). The Bertz CT molecular complexity index is 2660. The summed E-state index contributed by atoms with van der Waals surface area (Å²) in [5, 5.41) is 23.4. The van der Waals surface area contributed by atoms with Crippen molar-refractivity contribution >= 4 is 34.7 Å². The predicted octanol–water partition coefficient (Wildman–Crippen LogP) is 8.92.